The molecule has 1 aromatic carbocycles. The second-order valence-electron chi connectivity index (χ2n) is 8.32. The van der Waals surface area contributed by atoms with Crippen molar-refractivity contribution in [2.24, 2.45) is 10.4 Å². The van der Waals surface area contributed by atoms with Gasteiger partial charge in [0, 0.05) is 38.1 Å². The summed E-state index contributed by atoms with van der Waals surface area (Å²) in [6, 6.07) is 5.99. The Hall–Kier alpha value is -2.45. The number of nitrogens with zero attached hydrogens (tertiary/aromatic N) is 3. The molecule has 0 amide bonds. The minimum Gasteiger partial charge on any atom is -0.481 e. The fraction of sp³-hybridized carbons (Fsp3) is 0.429. The molecule has 8 heteroatoms. The number of fused-ring (bicyclic) bond motifs is 2. The van der Waals surface area contributed by atoms with E-state index in [4.69, 9.17) is 4.99 Å². The van der Waals surface area contributed by atoms with Gasteiger partial charge in [-0.1, -0.05) is 6.07 Å². The number of benzene rings is 1. The third kappa shape index (κ3) is 3.86. The summed E-state index contributed by atoms with van der Waals surface area (Å²) in [6.45, 7) is 8.76. The Morgan fingerprint density at radius 2 is 2.03 bits per heavy atom. The lowest BCUT2D eigenvalue weighted by Gasteiger charge is -2.38. The van der Waals surface area contributed by atoms with Crippen LogP contribution in [-0.2, 0) is 4.79 Å². The Labute approximate surface area is 173 Å². The van der Waals surface area contributed by atoms with E-state index >= 15 is 0 Å². The first-order valence-electron chi connectivity index (χ1n) is 9.69. The number of rotatable bonds is 3. The van der Waals surface area contributed by atoms with Gasteiger partial charge < -0.3 is 15.3 Å². The standard InChI is InChI=1S/C21H25FN4O2S/c1-13-4-5-15-16(10-13)23-18(17-14(22)11-29-19(17)24-15)26-8-6-25(7-9-26)12-21(2,3)20(27)28/h4-5,10-11,24H,6-9,12H2,1-3H3,(H,27,28). The van der Waals surface area contributed by atoms with Crippen LogP contribution in [0.1, 0.15) is 25.0 Å². The summed E-state index contributed by atoms with van der Waals surface area (Å²) >= 11 is 1.34. The molecular formula is C21H25FN4O2S. The molecule has 2 N–H and O–H groups in total. The van der Waals surface area contributed by atoms with Crippen molar-refractivity contribution >= 4 is 39.5 Å². The summed E-state index contributed by atoms with van der Waals surface area (Å²) in [7, 11) is 0. The molecule has 29 heavy (non-hydrogen) atoms. The lowest BCUT2D eigenvalue weighted by Crippen LogP contribution is -2.52. The summed E-state index contributed by atoms with van der Waals surface area (Å²) in [4.78, 5) is 20.6. The van der Waals surface area contributed by atoms with Gasteiger partial charge in [0.1, 0.15) is 16.7 Å². The Morgan fingerprint density at radius 1 is 1.31 bits per heavy atom. The zero-order valence-electron chi connectivity index (χ0n) is 16.8. The highest BCUT2D eigenvalue weighted by Gasteiger charge is 2.33. The number of carboxylic acids is 1. The number of aliphatic imine (C=N–C) groups is 1. The van der Waals surface area contributed by atoms with E-state index in [1.165, 1.54) is 16.7 Å². The molecule has 0 unspecified atom stereocenters. The van der Waals surface area contributed by atoms with Gasteiger partial charge in [0.25, 0.3) is 0 Å². The number of carbonyl (C=O) groups is 1. The average molecular weight is 417 g/mol. The molecule has 1 saturated heterocycles. The highest BCUT2D eigenvalue weighted by molar-refractivity contribution is 7.14. The first-order valence-corrected chi connectivity index (χ1v) is 10.6. The second-order valence-corrected chi connectivity index (χ2v) is 9.20. The molecule has 2 aliphatic heterocycles. The van der Waals surface area contributed by atoms with Crippen molar-refractivity contribution in [3.05, 3.63) is 40.5 Å². The maximum atomic E-state index is 14.7. The van der Waals surface area contributed by atoms with E-state index in [0.29, 0.717) is 44.1 Å². The topological polar surface area (TPSA) is 68.2 Å². The maximum absolute atomic E-state index is 14.7. The van der Waals surface area contributed by atoms with Crippen molar-refractivity contribution in [1.29, 1.82) is 0 Å². The molecule has 0 aliphatic carbocycles. The van der Waals surface area contributed by atoms with Crippen molar-refractivity contribution in [3.8, 4) is 0 Å². The van der Waals surface area contributed by atoms with E-state index in [9.17, 15) is 14.3 Å². The molecule has 3 heterocycles. The van der Waals surface area contributed by atoms with Crippen LogP contribution >= 0.6 is 11.3 Å². The zero-order valence-corrected chi connectivity index (χ0v) is 17.6. The van der Waals surface area contributed by atoms with Crippen LogP contribution in [0.2, 0.25) is 0 Å². The van der Waals surface area contributed by atoms with Crippen molar-refractivity contribution in [2.75, 3.05) is 38.0 Å². The molecule has 2 aliphatic rings. The van der Waals surface area contributed by atoms with Gasteiger partial charge in [0.15, 0.2) is 0 Å². The average Bonchev–Trinajstić information content (AvgIpc) is 2.93. The number of thiophene rings is 1. The minimum atomic E-state index is -0.797. The van der Waals surface area contributed by atoms with Crippen LogP contribution in [0, 0.1) is 18.2 Å². The molecular weight excluding hydrogens is 391 g/mol. The van der Waals surface area contributed by atoms with Crippen LogP contribution in [0.5, 0.6) is 0 Å². The normalized spacial score (nSPS) is 17.1. The molecule has 1 aromatic heterocycles. The van der Waals surface area contributed by atoms with Crippen LogP contribution in [-0.4, -0.2) is 59.4 Å². The number of amidine groups is 1. The summed E-state index contributed by atoms with van der Waals surface area (Å²) in [5.74, 6) is -0.418. The monoisotopic (exact) mass is 416 g/mol. The SMILES string of the molecule is Cc1ccc2c(c1)N=C(N1CCN(CC(C)(C)C(=O)O)CC1)c1c(F)csc1N2. The number of hydrogen-bond donors (Lipinski definition) is 2. The van der Waals surface area contributed by atoms with E-state index in [1.54, 1.807) is 13.8 Å². The fourth-order valence-electron chi connectivity index (χ4n) is 3.74. The predicted octanol–water partition coefficient (Wildman–Crippen LogP) is 4.06. The highest BCUT2D eigenvalue weighted by Crippen LogP contribution is 2.39. The van der Waals surface area contributed by atoms with Gasteiger partial charge in [-0.15, -0.1) is 11.3 Å². The number of hydrogen-bond acceptors (Lipinski definition) is 6. The first kappa shape index (κ1) is 19.8. The number of aryl methyl sites for hydroxylation is 1. The smallest absolute Gasteiger partial charge is 0.310 e. The van der Waals surface area contributed by atoms with Crippen LogP contribution < -0.4 is 5.32 Å². The molecule has 1 fully saturated rings. The molecule has 0 spiro atoms. The molecule has 4 rings (SSSR count). The molecule has 0 radical (unpaired) electrons. The molecule has 2 aromatic rings. The van der Waals surface area contributed by atoms with Gasteiger partial charge in [-0.25, -0.2) is 9.38 Å². The van der Waals surface area contributed by atoms with Crippen LogP contribution in [0.3, 0.4) is 0 Å². The van der Waals surface area contributed by atoms with Crippen molar-refractivity contribution in [3.63, 3.8) is 0 Å². The quantitative estimate of drug-likeness (QED) is 0.790. The summed E-state index contributed by atoms with van der Waals surface area (Å²) in [5, 5.41) is 15.0. The van der Waals surface area contributed by atoms with Gasteiger partial charge in [0.2, 0.25) is 0 Å². The fourth-order valence-corrected chi connectivity index (χ4v) is 4.56. The van der Waals surface area contributed by atoms with E-state index in [-0.39, 0.29) is 5.82 Å². The Bertz CT molecular complexity index is 977. The van der Waals surface area contributed by atoms with E-state index < -0.39 is 11.4 Å². The summed E-state index contributed by atoms with van der Waals surface area (Å²) < 4.78 is 14.7. The van der Waals surface area contributed by atoms with Crippen LogP contribution in [0.15, 0.2) is 28.6 Å². The zero-order chi connectivity index (χ0) is 20.8. The van der Waals surface area contributed by atoms with E-state index in [2.05, 4.69) is 15.1 Å². The molecule has 6 nitrogen and oxygen atoms in total. The molecule has 0 atom stereocenters. The van der Waals surface area contributed by atoms with Gasteiger partial charge in [0.05, 0.1) is 22.4 Å². The highest BCUT2D eigenvalue weighted by atomic mass is 32.1. The maximum Gasteiger partial charge on any atom is 0.310 e. The van der Waals surface area contributed by atoms with Crippen LogP contribution in [0.25, 0.3) is 0 Å². The largest absolute Gasteiger partial charge is 0.481 e. The van der Waals surface area contributed by atoms with Gasteiger partial charge in [-0.3, -0.25) is 9.69 Å². The Morgan fingerprint density at radius 3 is 2.72 bits per heavy atom. The van der Waals surface area contributed by atoms with Gasteiger partial charge in [-0.2, -0.15) is 0 Å². The van der Waals surface area contributed by atoms with E-state index in [0.717, 1.165) is 21.9 Å². The predicted molar refractivity (Wildman–Crippen MR) is 114 cm³/mol. The Kier molecular flexibility index (Phi) is 5.08. The van der Waals surface area contributed by atoms with Crippen molar-refractivity contribution in [2.45, 2.75) is 20.8 Å². The Balaban J connectivity index is 1.60. The van der Waals surface area contributed by atoms with Gasteiger partial charge >= 0.3 is 5.97 Å². The van der Waals surface area contributed by atoms with E-state index in [1.807, 2.05) is 25.1 Å². The lowest BCUT2D eigenvalue weighted by molar-refractivity contribution is -0.148. The van der Waals surface area contributed by atoms with Crippen molar-refractivity contribution < 1.29 is 14.3 Å². The van der Waals surface area contributed by atoms with Crippen LogP contribution in [0.4, 0.5) is 20.8 Å². The minimum absolute atomic E-state index is 0.268. The second kappa shape index (κ2) is 7.42. The first-order chi connectivity index (χ1) is 13.7. The third-order valence-electron chi connectivity index (χ3n) is 5.47. The number of carboxylic acid groups (broad SMARTS) is 1. The number of nitrogens with one attached hydrogen (secondary N) is 1. The number of piperazine rings is 1. The summed E-state index contributed by atoms with van der Waals surface area (Å²) in [5.41, 5.74) is 2.49. The number of halogens is 1. The summed E-state index contributed by atoms with van der Waals surface area (Å²) in [6.07, 6.45) is 0. The number of anilines is 2. The van der Waals surface area contributed by atoms with Crippen molar-refractivity contribution in [1.82, 2.24) is 9.80 Å². The lowest BCUT2D eigenvalue weighted by atomic mass is 9.93. The third-order valence-corrected chi connectivity index (χ3v) is 6.33. The molecule has 154 valence electrons. The molecule has 0 bridgehead atoms. The van der Waals surface area contributed by atoms with Gasteiger partial charge in [-0.05, 0) is 38.5 Å². The molecule has 0 saturated carbocycles. The number of aliphatic carboxylic acids is 1.